The second-order valence-electron chi connectivity index (χ2n) is 3.82. The average molecular weight is 212 g/mol. The predicted octanol–water partition coefficient (Wildman–Crippen LogP) is 3.25. The summed E-state index contributed by atoms with van der Waals surface area (Å²) in [5.74, 6) is 0.594. The van der Waals surface area contributed by atoms with Crippen LogP contribution >= 0.6 is 11.3 Å². The third-order valence-electron chi connectivity index (χ3n) is 2.71. The number of thiazole rings is 1. The van der Waals surface area contributed by atoms with E-state index >= 15 is 0 Å². The summed E-state index contributed by atoms with van der Waals surface area (Å²) in [7, 11) is 1.99. The third kappa shape index (κ3) is 2.34. The molecule has 0 aliphatic heterocycles. The molecule has 2 atom stereocenters. The molecule has 1 aromatic rings. The Balaban J connectivity index is 2.92. The first-order valence-corrected chi connectivity index (χ1v) is 6.06. The highest BCUT2D eigenvalue weighted by atomic mass is 32.1. The summed E-state index contributed by atoms with van der Waals surface area (Å²) in [5, 5.41) is 4.54. The van der Waals surface area contributed by atoms with Crippen LogP contribution in [-0.2, 0) is 0 Å². The van der Waals surface area contributed by atoms with Crippen LogP contribution in [0.1, 0.15) is 54.7 Å². The van der Waals surface area contributed by atoms with Crippen molar-refractivity contribution in [2.24, 2.45) is 0 Å². The van der Waals surface area contributed by atoms with E-state index in [0.717, 1.165) is 0 Å². The molecule has 0 aliphatic rings. The molecule has 0 radical (unpaired) electrons. The van der Waals surface area contributed by atoms with E-state index in [1.807, 2.05) is 18.4 Å². The van der Waals surface area contributed by atoms with Gasteiger partial charge in [-0.25, -0.2) is 4.98 Å². The van der Waals surface area contributed by atoms with E-state index in [4.69, 9.17) is 0 Å². The summed E-state index contributed by atoms with van der Waals surface area (Å²) in [6.07, 6.45) is 1.17. The van der Waals surface area contributed by atoms with E-state index in [2.05, 4.69) is 38.0 Å². The van der Waals surface area contributed by atoms with E-state index < -0.39 is 0 Å². The lowest BCUT2D eigenvalue weighted by Crippen LogP contribution is -2.11. The molecule has 0 aromatic carbocycles. The second kappa shape index (κ2) is 4.89. The van der Waals surface area contributed by atoms with E-state index in [-0.39, 0.29) is 0 Å². The Hall–Kier alpha value is -0.410. The molecule has 80 valence electrons. The van der Waals surface area contributed by atoms with Crippen LogP contribution in [0.2, 0.25) is 0 Å². The van der Waals surface area contributed by atoms with Gasteiger partial charge in [0, 0.05) is 16.8 Å². The highest BCUT2D eigenvalue weighted by Crippen LogP contribution is 2.30. The van der Waals surface area contributed by atoms with E-state index in [1.54, 1.807) is 0 Å². The van der Waals surface area contributed by atoms with E-state index in [0.29, 0.717) is 12.0 Å². The van der Waals surface area contributed by atoms with Crippen LogP contribution in [0.5, 0.6) is 0 Å². The fourth-order valence-electron chi connectivity index (χ4n) is 1.35. The topological polar surface area (TPSA) is 24.9 Å². The minimum absolute atomic E-state index is 0.422. The van der Waals surface area contributed by atoms with Gasteiger partial charge in [-0.3, -0.25) is 0 Å². The number of hydrogen-bond acceptors (Lipinski definition) is 3. The van der Waals surface area contributed by atoms with Gasteiger partial charge >= 0.3 is 0 Å². The molecule has 1 N–H and O–H groups in total. The zero-order valence-corrected chi connectivity index (χ0v) is 10.5. The number of aromatic nitrogens is 1. The van der Waals surface area contributed by atoms with Crippen molar-refractivity contribution in [1.82, 2.24) is 10.3 Å². The number of nitrogens with zero attached hydrogens (tertiary/aromatic N) is 1. The van der Waals surface area contributed by atoms with Gasteiger partial charge in [0.15, 0.2) is 0 Å². The highest BCUT2D eigenvalue weighted by Gasteiger charge is 2.15. The quantitative estimate of drug-likeness (QED) is 0.828. The highest BCUT2D eigenvalue weighted by molar-refractivity contribution is 7.11. The molecule has 14 heavy (non-hydrogen) atoms. The third-order valence-corrected chi connectivity index (χ3v) is 4.28. The van der Waals surface area contributed by atoms with Crippen LogP contribution in [0.3, 0.4) is 0 Å². The second-order valence-corrected chi connectivity index (χ2v) is 4.88. The SMILES string of the molecule is CCC(C)c1nc(C)c(C(C)NC)s1. The van der Waals surface area contributed by atoms with Crippen molar-refractivity contribution in [1.29, 1.82) is 0 Å². The lowest BCUT2D eigenvalue weighted by molar-refractivity contribution is 0.658. The molecule has 0 saturated carbocycles. The van der Waals surface area contributed by atoms with Crippen LogP contribution in [-0.4, -0.2) is 12.0 Å². The first-order valence-electron chi connectivity index (χ1n) is 5.24. The number of nitrogens with one attached hydrogen (secondary N) is 1. The van der Waals surface area contributed by atoms with Crippen LogP contribution in [0.25, 0.3) is 0 Å². The van der Waals surface area contributed by atoms with Gasteiger partial charge in [-0.15, -0.1) is 11.3 Å². The molecule has 3 heteroatoms. The van der Waals surface area contributed by atoms with Crippen molar-refractivity contribution in [2.45, 2.75) is 46.1 Å². The summed E-state index contributed by atoms with van der Waals surface area (Å²) in [6, 6.07) is 0.422. The maximum absolute atomic E-state index is 4.63. The van der Waals surface area contributed by atoms with E-state index in [1.165, 1.54) is 22.0 Å². The zero-order chi connectivity index (χ0) is 10.7. The molecule has 0 bridgehead atoms. The Bertz CT molecular complexity index is 293. The largest absolute Gasteiger partial charge is 0.312 e. The Morgan fingerprint density at radius 2 is 2.07 bits per heavy atom. The van der Waals surface area contributed by atoms with Crippen molar-refractivity contribution in [2.75, 3.05) is 7.05 Å². The van der Waals surface area contributed by atoms with Crippen molar-refractivity contribution >= 4 is 11.3 Å². The van der Waals surface area contributed by atoms with Crippen LogP contribution in [0.15, 0.2) is 0 Å². The van der Waals surface area contributed by atoms with Gasteiger partial charge in [-0.2, -0.15) is 0 Å². The number of rotatable bonds is 4. The van der Waals surface area contributed by atoms with Crippen molar-refractivity contribution < 1.29 is 0 Å². The Morgan fingerprint density at radius 3 is 2.57 bits per heavy atom. The molecule has 0 spiro atoms. The smallest absolute Gasteiger partial charge is 0.0959 e. The van der Waals surface area contributed by atoms with Crippen molar-refractivity contribution in [3.63, 3.8) is 0 Å². The zero-order valence-electron chi connectivity index (χ0n) is 9.72. The molecule has 0 amide bonds. The first kappa shape index (κ1) is 11.7. The minimum atomic E-state index is 0.422. The van der Waals surface area contributed by atoms with Crippen LogP contribution < -0.4 is 5.32 Å². The van der Waals surface area contributed by atoms with Crippen LogP contribution in [0, 0.1) is 6.92 Å². The molecular formula is C11H20N2S. The molecule has 0 fully saturated rings. The summed E-state index contributed by atoms with van der Waals surface area (Å²) in [4.78, 5) is 6.01. The summed E-state index contributed by atoms with van der Waals surface area (Å²) in [6.45, 7) is 8.74. The molecule has 1 aromatic heterocycles. The average Bonchev–Trinajstić information content (AvgIpc) is 2.58. The summed E-state index contributed by atoms with van der Waals surface area (Å²) < 4.78 is 0. The number of aryl methyl sites for hydroxylation is 1. The lowest BCUT2D eigenvalue weighted by atomic mass is 10.1. The first-order chi connectivity index (χ1) is 6.60. The van der Waals surface area contributed by atoms with Gasteiger partial charge in [0.05, 0.1) is 10.7 Å². The van der Waals surface area contributed by atoms with Gasteiger partial charge in [0.25, 0.3) is 0 Å². The number of hydrogen-bond donors (Lipinski definition) is 1. The molecule has 0 aliphatic carbocycles. The molecule has 1 rings (SSSR count). The van der Waals surface area contributed by atoms with Gasteiger partial charge in [0.2, 0.25) is 0 Å². The fourth-order valence-corrected chi connectivity index (χ4v) is 2.61. The van der Waals surface area contributed by atoms with Crippen molar-refractivity contribution in [3.8, 4) is 0 Å². The molecular weight excluding hydrogens is 192 g/mol. The Morgan fingerprint density at radius 1 is 1.43 bits per heavy atom. The molecule has 2 unspecified atom stereocenters. The Kier molecular flexibility index (Phi) is 4.08. The predicted molar refractivity (Wildman–Crippen MR) is 63.0 cm³/mol. The Labute approximate surface area is 90.8 Å². The van der Waals surface area contributed by atoms with Gasteiger partial charge < -0.3 is 5.32 Å². The van der Waals surface area contributed by atoms with Gasteiger partial charge in [-0.1, -0.05) is 13.8 Å². The van der Waals surface area contributed by atoms with Gasteiger partial charge in [0.1, 0.15) is 0 Å². The summed E-state index contributed by atoms with van der Waals surface area (Å²) >= 11 is 1.85. The van der Waals surface area contributed by atoms with Crippen molar-refractivity contribution in [3.05, 3.63) is 15.6 Å². The molecule has 0 saturated heterocycles. The van der Waals surface area contributed by atoms with Crippen LogP contribution in [0.4, 0.5) is 0 Å². The molecule has 1 heterocycles. The van der Waals surface area contributed by atoms with E-state index in [9.17, 15) is 0 Å². The van der Waals surface area contributed by atoms with Gasteiger partial charge in [-0.05, 0) is 27.3 Å². The monoisotopic (exact) mass is 212 g/mol. The maximum Gasteiger partial charge on any atom is 0.0959 e. The fraction of sp³-hybridized carbons (Fsp3) is 0.727. The minimum Gasteiger partial charge on any atom is -0.312 e. The normalized spacial score (nSPS) is 15.5. The molecule has 2 nitrogen and oxygen atoms in total. The maximum atomic E-state index is 4.63. The summed E-state index contributed by atoms with van der Waals surface area (Å²) in [5.41, 5.74) is 1.19. The lowest BCUT2D eigenvalue weighted by Gasteiger charge is -2.07. The standard InChI is InChI=1S/C11H20N2S/c1-6-7(2)11-13-9(4)10(14-11)8(3)12-5/h7-8,12H,6H2,1-5H3.